The molecule has 4 nitrogen and oxygen atoms in total. The van der Waals surface area contributed by atoms with Crippen molar-refractivity contribution in [3.05, 3.63) is 40.1 Å². The van der Waals surface area contributed by atoms with Gasteiger partial charge in [0.2, 0.25) is 0 Å². The van der Waals surface area contributed by atoms with Crippen molar-refractivity contribution < 1.29 is 0 Å². The van der Waals surface area contributed by atoms with E-state index in [1.54, 1.807) is 0 Å². The van der Waals surface area contributed by atoms with Crippen LogP contribution < -0.4 is 5.32 Å². The zero-order valence-electron chi connectivity index (χ0n) is 10.9. The Labute approximate surface area is 121 Å². The zero-order valence-corrected chi connectivity index (χ0v) is 12.5. The van der Waals surface area contributed by atoms with E-state index in [1.807, 2.05) is 23.0 Å². The molecule has 0 aliphatic heterocycles. The predicted octanol–water partition coefficient (Wildman–Crippen LogP) is 2.84. The summed E-state index contributed by atoms with van der Waals surface area (Å²) in [6, 6.07) is 6.17. The highest BCUT2D eigenvalue weighted by atomic mass is 79.9. The standard InChI is InChI=1S/C14H17BrN4/c1-10-6-13(4-5-14(10)15)19-9-12(17-18-19)8-16-7-11-2-3-11/h4-6,9,11,16H,2-3,7-8H2,1H3. The van der Waals surface area contributed by atoms with Gasteiger partial charge in [0.05, 0.1) is 17.6 Å². The molecule has 0 atom stereocenters. The summed E-state index contributed by atoms with van der Waals surface area (Å²) in [5.41, 5.74) is 3.23. The third-order valence-corrected chi connectivity index (χ3v) is 4.27. The molecule has 1 aromatic heterocycles. The minimum atomic E-state index is 0.798. The Kier molecular flexibility index (Phi) is 3.66. The highest BCUT2D eigenvalue weighted by molar-refractivity contribution is 9.10. The first-order valence-corrected chi connectivity index (χ1v) is 7.40. The van der Waals surface area contributed by atoms with Gasteiger partial charge in [-0.25, -0.2) is 4.68 Å². The maximum atomic E-state index is 4.20. The summed E-state index contributed by atoms with van der Waals surface area (Å²) in [6.07, 6.45) is 4.73. The Bertz CT molecular complexity index is 575. The van der Waals surface area contributed by atoms with Gasteiger partial charge in [-0.05, 0) is 56.0 Å². The molecule has 3 rings (SSSR count). The van der Waals surface area contributed by atoms with E-state index in [1.165, 1.54) is 18.4 Å². The van der Waals surface area contributed by atoms with Crippen molar-refractivity contribution in [2.24, 2.45) is 5.92 Å². The second-order valence-corrected chi connectivity index (χ2v) is 6.02. The van der Waals surface area contributed by atoms with Crippen LogP contribution in [0.15, 0.2) is 28.9 Å². The van der Waals surface area contributed by atoms with Crippen molar-refractivity contribution in [3.63, 3.8) is 0 Å². The van der Waals surface area contributed by atoms with Gasteiger partial charge in [-0.15, -0.1) is 5.10 Å². The fourth-order valence-electron chi connectivity index (χ4n) is 2.00. The SMILES string of the molecule is Cc1cc(-n2cc(CNCC3CC3)nn2)ccc1Br. The number of nitrogens with one attached hydrogen (secondary N) is 1. The van der Waals surface area contributed by atoms with Gasteiger partial charge in [-0.2, -0.15) is 0 Å². The first-order chi connectivity index (χ1) is 9.22. The number of nitrogens with zero attached hydrogens (tertiary/aromatic N) is 3. The van der Waals surface area contributed by atoms with Crippen molar-refractivity contribution >= 4 is 15.9 Å². The summed E-state index contributed by atoms with van der Waals surface area (Å²) in [5.74, 6) is 0.893. The van der Waals surface area contributed by atoms with Gasteiger partial charge < -0.3 is 5.32 Å². The number of rotatable bonds is 5. The minimum absolute atomic E-state index is 0.798. The fourth-order valence-corrected chi connectivity index (χ4v) is 2.25. The van der Waals surface area contributed by atoms with Gasteiger partial charge in [0.15, 0.2) is 0 Å². The average molecular weight is 321 g/mol. The predicted molar refractivity (Wildman–Crippen MR) is 78.2 cm³/mol. The van der Waals surface area contributed by atoms with Crippen LogP contribution in [0.2, 0.25) is 0 Å². The lowest BCUT2D eigenvalue weighted by molar-refractivity contribution is 0.628. The Balaban J connectivity index is 1.67. The van der Waals surface area contributed by atoms with E-state index in [4.69, 9.17) is 0 Å². The molecule has 0 amide bonds. The van der Waals surface area contributed by atoms with Crippen molar-refractivity contribution in [1.29, 1.82) is 0 Å². The second kappa shape index (κ2) is 5.43. The molecule has 1 fully saturated rings. The summed E-state index contributed by atoms with van der Waals surface area (Å²) >= 11 is 3.51. The maximum absolute atomic E-state index is 4.20. The summed E-state index contributed by atoms with van der Waals surface area (Å²) in [6.45, 7) is 3.97. The quantitative estimate of drug-likeness (QED) is 0.921. The molecule has 0 unspecified atom stereocenters. The van der Waals surface area contributed by atoms with E-state index in [0.717, 1.165) is 34.9 Å². The van der Waals surface area contributed by atoms with Gasteiger partial charge in [-0.3, -0.25) is 0 Å². The lowest BCUT2D eigenvalue weighted by Crippen LogP contribution is -2.16. The van der Waals surface area contributed by atoms with Crippen molar-refractivity contribution in [2.45, 2.75) is 26.3 Å². The molecule has 1 aliphatic rings. The first kappa shape index (κ1) is 12.8. The molecule has 0 bridgehead atoms. The molecule has 2 aromatic rings. The molecule has 1 N–H and O–H groups in total. The van der Waals surface area contributed by atoms with Gasteiger partial charge in [0.25, 0.3) is 0 Å². The molecule has 1 heterocycles. The molecule has 100 valence electrons. The third-order valence-electron chi connectivity index (χ3n) is 3.38. The van der Waals surface area contributed by atoms with Crippen molar-refractivity contribution in [2.75, 3.05) is 6.54 Å². The van der Waals surface area contributed by atoms with Crippen LogP contribution in [0, 0.1) is 12.8 Å². The Morgan fingerprint density at radius 1 is 1.42 bits per heavy atom. The van der Waals surface area contributed by atoms with Gasteiger partial charge in [0.1, 0.15) is 0 Å². The van der Waals surface area contributed by atoms with Crippen LogP contribution in [-0.2, 0) is 6.54 Å². The topological polar surface area (TPSA) is 42.7 Å². The van der Waals surface area contributed by atoms with E-state index in [0.29, 0.717) is 0 Å². The number of aryl methyl sites for hydroxylation is 1. The second-order valence-electron chi connectivity index (χ2n) is 5.16. The normalized spacial score (nSPS) is 14.8. The lowest BCUT2D eigenvalue weighted by Gasteiger charge is -2.03. The molecule has 1 saturated carbocycles. The Morgan fingerprint density at radius 2 is 2.26 bits per heavy atom. The van der Waals surface area contributed by atoms with Gasteiger partial charge in [-0.1, -0.05) is 21.1 Å². The molecular weight excluding hydrogens is 304 g/mol. The van der Waals surface area contributed by atoms with E-state index >= 15 is 0 Å². The van der Waals surface area contributed by atoms with Crippen molar-refractivity contribution in [3.8, 4) is 5.69 Å². The number of benzene rings is 1. The van der Waals surface area contributed by atoms with Crippen LogP contribution in [0.4, 0.5) is 0 Å². The third kappa shape index (κ3) is 3.22. The summed E-state index contributed by atoms with van der Waals surface area (Å²) in [5, 5.41) is 11.8. The molecule has 19 heavy (non-hydrogen) atoms. The van der Waals surface area contributed by atoms with E-state index < -0.39 is 0 Å². The summed E-state index contributed by atoms with van der Waals surface area (Å²) in [4.78, 5) is 0. The molecule has 5 heteroatoms. The summed E-state index contributed by atoms with van der Waals surface area (Å²) < 4.78 is 2.94. The Hall–Kier alpha value is -1.20. The number of hydrogen-bond donors (Lipinski definition) is 1. The fraction of sp³-hybridized carbons (Fsp3) is 0.429. The van der Waals surface area contributed by atoms with E-state index in [-0.39, 0.29) is 0 Å². The van der Waals surface area contributed by atoms with Crippen LogP contribution in [0.1, 0.15) is 24.1 Å². The smallest absolute Gasteiger partial charge is 0.0969 e. The van der Waals surface area contributed by atoms with Crippen LogP contribution in [-0.4, -0.2) is 21.5 Å². The molecule has 0 saturated heterocycles. The molecule has 1 aromatic carbocycles. The van der Waals surface area contributed by atoms with Gasteiger partial charge in [0, 0.05) is 11.0 Å². The van der Waals surface area contributed by atoms with E-state index in [2.05, 4.69) is 44.5 Å². The van der Waals surface area contributed by atoms with Crippen LogP contribution in [0.3, 0.4) is 0 Å². The largest absolute Gasteiger partial charge is 0.311 e. The number of halogens is 1. The highest BCUT2D eigenvalue weighted by Gasteiger charge is 2.20. The molecule has 0 radical (unpaired) electrons. The molecular formula is C14H17BrN4. The van der Waals surface area contributed by atoms with E-state index in [9.17, 15) is 0 Å². The molecule has 1 aliphatic carbocycles. The highest BCUT2D eigenvalue weighted by Crippen LogP contribution is 2.27. The number of hydrogen-bond acceptors (Lipinski definition) is 3. The average Bonchev–Trinajstić information content (AvgIpc) is 3.10. The lowest BCUT2D eigenvalue weighted by atomic mass is 10.2. The van der Waals surface area contributed by atoms with Crippen molar-refractivity contribution in [1.82, 2.24) is 20.3 Å². The van der Waals surface area contributed by atoms with Gasteiger partial charge >= 0.3 is 0 Å². The van der Waals surface area contributed by atoms with Crippen LogP contribution >= 0.6 is 15.9 Å². The maximum Gasteiger partial charge on any atom is 0.0969 e. The first-order valence-electron chi connectivity index (χ1n) is 6.61. The minimum Gasteiger partial charge on any atom is -0.311 e. The number of aromatic nitrogens is 3. The van der Waals surface area contributed by atoms with Crippen LogP contribution in [0.25, 0.3) is 5.69 Å². The monoisotopic (exact) mass is 320 g/mol. The zero-order chi connectivity index (χ0) is 13.2. The summed E-state index contributed by atoms with van der Waals surface area (Å²) in [7, 11) is 0. The van der Waals surface area contributed by atoms with Crippen LogP contribution in [0.5, 0.6) is 0 Å². The Morgan fingerprint density at radius 3 is 3.00 bits per heavy atom. The molecule has 0 spiro atoms.